The van der Waals surface area contributed by atoms with Crippen LogP contribution >= 0.6 is 15.9 Å². The number of methoxy groups -OCH3 is 1. The van der Waals surface area contributed by atoms with Crippen LogP contribution in [0.15, 0.2) is 33.6 Å². The summed E-state index contributed by atoms with van der Waals surface area (Å²) in [4.78, 5) is 12.6. The highest BCUT2D eigenvalue weighted by Gasteiger charge is 2.17. The molecule has 0 fully saturated rings. The molecule has 0 aromatic heterocycles. The van der Waals surface area contributed by atoms with Gasteiger partial charge in [0.25, 0.3) is 10.0 Å². The van der Waals surface area contributed by atoms with Gasteiger partial charge in [0.2, 0.25) is 0 Å². The first-order chi connectivity index (χ1) is 7.47. The molecule has 0 bridgehead atoms. The van der Waals surface area contributed by atoms with Crippen LogP contribution in [0.5, 0.6) is 0 Å². The second-order valence-corrected chi connectivity index (χ2v) is 5.16. The van der Waals surface area contributed by atoms with Crippen molar-refractivity contribution in [1.82, 2.24) is 10.3 Å². The van der Waals surface area contributed by atoms with Gasteiger partial charge in [-0.1, -0.05) is 12.1 Å². The van der Waals surface area contributed by atoms with Crippen molar-refractivity contribution in [3.05, 3.63) is 28.7 Å². The third-order valence-electron chi connectivity index (χ3n) is 1.60. The Morgan fingerprint density at radius 1 is 1.38 bits per heavy atom. The van der Waals surface area contributed by atoms with E-state index in [0.29, 0.717) is 4.47 Å². The van der Waals surface area contributed by atoms with Crippen LogP contribution in [0, 0.1) is 0 Å². The van der Waals surface area contributed by atoms with Crippen molar-refractivity contribution in [1.29, 1.82) is 0 Å². The normalized spacial score (nSPS) is 10.9. The minimum absolute atomic E-state index is 0.0198. The van der Waals surface area contributed by atoms with Gasteiger partial charge in [0, 0.05) is 4.47 Å². The van der Waals surface area contributed by atoms with Gasteiger partial charge in [-0.25, -0.2) is 18.6 Å². The highest BCUT2D eigenvalue weighted by molar-refractivity contribution is 9.10. The van der Waals surface area contributed by atoms with Crippen molar-refractivity contribution in [2.24, 2.45) is 0 Å². The van der Waals surface area contributed by atoms with Gasteiger partial charge in [0.05, 0.1) is 12.0 Å². The molecule has 0 heterocycles. The number of rotatable bonds is 3. The molecule has 0 aliphatic carbocycles. The molecule has 6 nitrogen and oxygen atoms in total. The number of nitrogens with one attached hydrogen (secondary N) is 2. The molecule has 2 N–H and O–H groups in total. The van der Waals surface area contributed by atoms with E-state index in [1.807, 2.05) is 10.3 Å². The van der Waals surface area contributed by atoms with Crippen LogP contribution in [0.25, 0.3) is 0 Å². The van der Waals surface area contributed by atoms with Crippen molar-refractivity contribution < 1.29 is 17.9 Å². The lowest BCUT2D eigenvalue weighted by Crippen LogP contribution is -2.41. The third kappa shape index (κ3) is 3.19. The third-order valence-corrected chi connectivity index (χ3v) is 3.86. The molecule has 0 radical (unpaired) electrons. The lowest BCUT2D eigenvalue weighted by Gasteiger charge is -2.08. The van der Waals surface area contributed by atoms with Crippen molar-refractivity contribution in [3.8, 4) is 0 Å². The Kier molecular flexibility index (Phi) is 4.27. The SMILES string of the molecule is COC(=O)NNS(=O)(=O)c1ccccc1Br. The van der Waals surface area contributed by atoms with Gasteiger partial charge in [-0.15, -0.1) is 4.83 Å². The fourth-order valence-corrected chi connectivity index (χ4v) is 2.71. The molecule has 0 atom stereocenters. The van der Waals surface area contributed by atoms with E-state index >= 15 is 0 Å². The predicted molar refractivity (Wildman–Crippen MR) is 60.0 cm³/mol. The summed E-state index contributed by atoms with van der Waals surface area (Å²) in [5.74, 6) is 0. The predicted octanol–water partition coefficient (Wildman–Crippen LogP) is 0.998. The maximum atomic E-state index is 11.7. The first-order valence-electron chi connectivity index (χ1n) is 4.07. The van der Waals surface area contributed by atoms with Crippen LogP contribution in [-0.2, 0) is 14.8 Å². The van der Waals surface area contributed by atoms with E-state index < -0.39 is 16.1 Å². The summed E-state index contributed by atoms with van der Waals surface area (Å²) in [6.45, 7) is 0. The van der Waals surface area contributed by atoms with Crippen LogP contribution in [0.1, 0.15) is 0 Å². The van der Waals surface area contributed by atoms with E-state index in [2.05, 4.69) is 20.7 Å². The van der Waals surface area contributed by atoms with E-state index in [1.165, 1.54) is 6.07 Å². The van der Waals surface area contributed by atoms with E-state index in [9.17, 15) is 13.2 Å². The minimum Gasteiger partial charge on any atom is -0.452 e. The lowest BCUT2D eigenvalue weighted by atomic mass is 10.4. The van der Waals surface area contributed by atoms with E-state index in [4.69, 9.17) is 0 Å². The Labute approximate surface area is 101 Å². The van der Waals surface area contributed by atoms with Crippen LogP contribution in [0.2, 0.25) is 0 Å². The molecule has 0 saturated heterocycles. The van der Waals surface area contributed by atoms with Gasteiger partial charge in [-0.2, -0.15) is 0 Å². The largest absolute Gasteiger partial charge is 0.452 e. The highest BCUT2D eigenvalue weighted by Crippen LogP contribution is 2.20. The summed E-state index contributed by atoms with van der Waals surface area (Å²) in [6.07, 6.45) is -0.893. The van der Waals surface area contributed by atoms with Crippen LogP contribution in [0.3, 0.4) is 0 Å². The standard InChI is InChI=1S/C8H9BrN2O4S/c1-15-8(12)10-11-16(13,14)7-5-3-2-4-6(7)9/h2-5,11H,1H3,(H,10,12). The first-order valence-corrected chi connectivity index (χ1v) is 6.35. The van der Waals surface area contributed by atoms with Crippen molar-refractivity contribution in [2.45, 2.75) is 4.90 Å². The minimum atomic E-state index is -3.80. The van der Waals surface area contributed by atoms with Crippen molar-refractivity contribution in [2.75, 3.05) is 7.11 Å². The molecule has 1 rings (SSSR count). The zero-order chi connectivity index (χ0) is 12.2. The molecule has 1 amide bonds. The van der Waals surface area contributed by atoms with Crippen LogP contribution in [0.4, 0.5) is 4.79 Å². The van der Waals surface area contributed by atoms with Gasteiger partial charge >= 0.3 is 6.09 Å². The van der Waals surface area contributed by atoms with Crippen LogP contribution in [-0.4, -0.2) is 21.6 Å². The molecule has 8 heteroatoms. The smallest absolute Gasteiger partial charge is 0.422 e. The fraction of sp³-hybridized carbons (Fsp3) is 0.125. The molecule has 1 aromatic carbocycles. The molecule has 0 saturated carbocycles. The second-order valence-electron chi connectivity index (χ2n) is 2.65. The Morgan fingerprint density at radius 2 is 2.00 bits per heavy atom. The Morgan fingerprint density at radius 3 is 2.56 bits per heavy atom. The van der Waals surface area contributed by atoms with Crippen molar-refractivity contribution in [3.63, 3.8) is 0 Å². The van der Waals surface area contributed by atoms with Crippen molar-refractivity contribution >= 4 is 32.0 Å². The van der Waals surface area contributed by atoms with Gasteiger partial charge in [-0.3, -0.25) is 0 Å². The highest BCUT2D eigenvalue weighted by atomic mass is 79.9. The lowest BCUT2D eigenvalue weighted by molar-refractivity contribution is 0.169. The molecular weight excluding hydrogens is 300 g/mol. The van der Waals surface area contributed by atoms with Gasteiger partial charge < -0.3 is 4.74 Å². The number of hydrogen-bond acceptors (Lipinski definition) is 4. The monoisotopic (exact) mass is 308 g/mol. The summed E-state index contributed by atoms with van der Waals surface area (Å²) in [7, 11) is -2.68. The maximum absolute atomic E-state index is 11.7. The molecule has 16 heavy (non-hydrogen) atoms. The Bertz CT molecular complexity index is 489. The number of sulfonamides is 1. The topological polar surface area (TPSA) is 84.5 Å². The molecule has 0 spiro atoms. The molecular formula is C8H9BrN2O4S. The van der Waals surface area contributed by atoms with E-state index in [0.717, 1.165) is 7.11 Å². The summed E-state index contributed by atoms with van der Waals surface area (Å²) in [6, 6.07) is 6.21. The zero-order valence-electron chi connectivity index (χ0n) is 8.23. The molecule has 1 aromatic rings. The number of benzene rings is 1. The Balaban J connectivity index is 2.87. The number of ether oxygens (including phenoxy) is 1. The molecule has 0 unspecified atom stereocenters. The first kappa shape index (κ1) is 12.9. The summed E-state index contributed by atoms with van der Waals surface area (Å²) >= 11 is 3.09. The van der Waals surface area contributed by atoms with Crippen LogP contribution < -0.4 is 10.3 Å². The number of halogens is 1. The Hall–Kier alpha value is -1.12. The quantitative estimate of drug-likeness (QED) is 0.816. The molecule has 0 aliphatic rings. The molecule has 0 aliphatic heterocycles. The molecule has 88 valence electrons. The zero-order valence-corrected chi connectivity index (χ0v) is 10.6. The number of carbonyl (C=O) groups is 1. The van der Waals surface area contributed by atoms with E-state index in [-0.39, 0.29) is 4.90 Å². The summed E-state index contributed by atoms with van der Waals surface area (Å²) in [5.41, 5.74) is 1.88. The van der Waals surface area contributed by atoms with E-state index in [1.54, 1.807) is 18.2 Å². The number of hydrazine groups is 1. The number of hydrogen-bond donors (Lipinski definition) is 2. The van der Waals surface area contributed by atoms with Gasteiger partial charge in [0.1, 0.15) is 0 Å². The average Bonchev–Trinajstić information content (AvgIpc) is 2.26. The maximum Gasteiger partial charge on any atom is 0.422 e. The number of amides is 1. The van der Waals surface area contributed by atoms with Gasteiger partial charge in [-0.05, 0) is 28.1 Å². The van der Waals surface area contributed by atoms with Gasteiger partial charge in [0.15, 0.2) is 0 Å². The average molecular weight is 309 g/mol. The number of carbonyl (C=O) groups excluding carboxylic acids is 1. The summed E-state index contributed by atoms with van der Waals surface area (Å²) < 4.78 is 27.9. The summed E-state index contributed by atoms with van der Waals surface area (Å²) in [5, 5.41) is 0. The fourth-order valence-electron chi connectivity index (χ4n) is 0.878. The second kappa shape index (κ2) is 5.28.